The molecule has 1 saturated carbocycles. The first kappa shape index (κ1) is 16.0. The third kappa shape index (κ3) is 4.07. The van der Waals surface area contributed by atoms with Crippen molar-refractivity contribution in [3.05, 3.63) is 35.9 Å². The molecule has 3 heteroatoms. The van der Waals surface area contributed by atoms with Crippen molar-refractivity contribution in [1.82, 2.24) is 5.32 Å². The zero-order chi connectivity index (χ0) is 15.2. The van der Waals surface area contributed by atoms with Crippen LogP contribution in [0.4, 0.5) is 0 Å². The molecule has 0 aromatic heterocycles. The van der Waals surface area contributed by atoms with E-state index >= 15 is 0 Å². The normalized spacial score (nSPS) is 26.5. The minimum absolute atomic E-state index is 0.120. The maximum Gasteiger partial charge on any atom is 0.224 e. The molecule has 3 nitrogen and oxygen atoms in total. The Kier molecular flexibility index (Phi) is 5.80. The minimum atomic E-state index is -0.125. The predicted molar refractivity (Wildman–Crippen MR) is 86.8 cm³/mol. The summed E-state index contributed by atoms with van der Waals surface area (Å²) in [4.78, 5) is 12.5. The third-order valence-corrected chi connectivity index (χ3v) is 5.06. The monoisotopic (exact) mass is 288 g/mol. The van der Waals surface area contributed by atoms with E-state index in [9.17, 15) is 4.79 Å². The highest BCUT2D eigenvalue weighted by molar-refractivity contribution is 5.79. The van der Waals surface area contributed by atoms with Crippen LogP contribution in [-0.4, -0.2) is 18.5 Å². The van der Waals surface area contributed by atoms with E-state index in [1.807, 2.05) is 18.2 Å². The second-order valence-electron chi connectivity index (χ2n) is 6.34. The summed E-state index contributed by atoms with van der Waals surface area (Å²) in [6, 6.07) is 10.4. The lowest BCUT2D eigenvalue weighted by Gasteiger charge is -2.23. The number of nitrogens with two attached hydrogens (primary N) is 1. The van der Waals surface area contributed by atoms with Crippen LogP contribution in [0, 0.1) is 17.8 Å². The van der Waals surface area contributed by atoms with Crippen molar-refractivity contribution in [3.63, 3.8) is 0 Å². The first-order valence-corrected chi connectivity index (χ1v) is 8.20. The van der Waals surface area contributed by atoms with Crippen LogP contribution in [0.15, 0.2) is 30.3 Å². The van der Waals surface area contributed by atoms with Crippen LogP contribution < -0.4 is 11.1 Å². The van der Waals surface area contributed by atoms with Crippen molar-refractivity contribution in [1.29, 1.82) is 0 Å². The van der Waals surface area contributed by atoms with E-state index in [1.165, 1.54) is 18.4 Å². The lowest BCUT2D eigenvalue weighted by molar-refractivity contribution is -0.125. The lowest BCUT2D eigenvalue weighted by Crippen LogP contribution is -2.43. The third-order valence-electron chi connectivity index (χ3n) is 5.06. The van der Waals surface area contributed by atoms with Crippen LogP contribution in [0.2, 0.25) is 0 Å². The molecule has 1 aromatic rings. The second kappa shape index (κ2) is 7.60. The first-order chi connectivity index (χ1) is 10.2. The van der Waals surface area contributed by atoms with E-state index in [0.717, 1.165) is 18.8 Å². The van der Waals surface area contributed by atoms with E-state index in [0.29, 0.717) is 18.5 Å². The summed E-state index contributed by atoms with van der Waals surface area (Å²) in [6.07, 6.45) is 4.27. The van der Waals surface area contributed by atoms with Gasteiger partial charge in [-0.2, -0.15) is 0 Å². The molecular weight excluding hydrogens is 260 g/mol. The van der Waals surface area contributed by atoms with Gasteiger partial charge in [0.15, 0.2) is 0 Å². The highest BCUT2D eigenvalue weighted by Gasteiger charge is 2.33. The van der Waals surface area contributed by atoms with Crippen molar-refractivity contribution in [3.8, 4) is 0 Å². The lowest BCUT2D eigenvalue weighted by atomic mass is 9.92. The maximum absolute atomic E-state index is 12.5. The highest BCUT2D eigenvalue weighted by atomic mass is 16.2. The van der Waals surface area contributed by atoms with Crippen molar-refractivity contribution in [2.45, 2.75) is 45.6 Å². The summed E-state index contributed by atoms with van der Waals surface area (Å²) in [5.74, 6) is 1.32. The molecule has 0 saturated heterocycles. The molecule has 21 heavy (non-hydrogen) atoms. The topological polar surface area (TPSA) is 55.1 Å². The fraction of sp³-hybridized carbons (Fsp3) is 0.611. The Labute approximate surface area is 128 Å². The SMILES string of the molecule is CCC1CCC(NC(=O)C(CN)Cc2ccccc2)C1C. The van der Waals surface area contributed by atoms with Gasteiger partial charge >= 0.3 is 0 Å². The minimum Gasteiger partial charge on any atom is -0.353 e. The molecule has 1 aliphatic rings. The summed E-state index contributed by atoms with van der Waals surface area (Å²) >= 11 is 0. The molecule has 1 aromatic carbocycles. The molecule has 0 bridgehead atoms. The van der Waals surface area contributed by atoms with Gasteiger partial charge in [-0.25, -0.2) is 0 Å². The van der Waals surface area contributed by atoms with Crippen molar-refractivity contribution >= 4 is 5.91 Å². The van der Waals surface area contributed by atoms with Crippen molar-refractivity contribution < 1.29 is 4.79 Å². The average Bonchev–Trinajstić information content (AvgIpc) is 2.86. The summed E-state index contributed by atoms with van der Waals surface area (Å²) in [7, 11) is 0. The van der Waals surface area contributed by atoms with Gasteiger partial charge in [0.25, 0.3) is 0 Å². The van der Waals surface area contributed by atoms with E-state index in [-0.39, 0.29) is 11.8 Å². The van der Waals surface area contributed by atoms with Gasteiger partial charge in [-0.1, -0.05) is 50.6 Å². The number of nitrogens with one attached hydrogen (secondary N) is 1. The van der Waals surface area contributed by atoms with E-state index in [4.69, 9.17) is 5.73 Å². The summed E-state index contributed by atoms with van der Waals surface area (Å²) in [5.41, 5.74) is 7.00. The number of carbonyl (C=O) groups is 1. The van der Waals surface area contributed by atoms with Crippen molar-refractivity contribution in [2.75, 3.05) is 6.54 Å². The average molecular weight is 288 g/mol. The van der Waals surface area contributed by atoms with Crippen LogP contribution in [-0.2, 0) is 11.2 Å². The Morgan fingerprint density at radius 2 is 2.05 bits per heavy atom. The Hall–Kier alpha value is -1.35. The van der Waals surface area contributed by atoms with Gasteiger partial charge in [0.1, 0.15) is 0 Å². The Morgan fingerprint density at radius 1 is 1.33 bits per heavy atom. The number of hydrogen-bond donors (Lipinski definition) is 2. The number of benzene rings is 1. The smallest absolute Gasteiger partial charge is 0.224 e. The summed E-state index contributed by atoms with van der Waals surface area (Å²) < 4.78 is 0. The quantitative estimate of drug-likeness (QED) is 0.845. The molecular formula is C18H28N2O. The molecule has 1 amide bonds. The summed E-state index contributed by atoms with van der Waals surface area (Å²) in [6.45, 7) is 4.91. The van der Waals surface area contributed by atoms with Gasteiger partial charge in [0.2, 0.25) is 5.91 Å². The van der Waals surface area contributed by atoms with Crippen LogP contribution in [0.5, 0.6) is 0 Å². The molecule has 0 aliphatic heterocycles. The van der Waals surface area contributed by atoms with Gasteiger partial charge in [-0.05, 0) is 36.7 Å². The van der Waals surface area contributed by atoms with Crippen LogP contribution in [0.3, 0.4) is 0 Å². The van der Waals surface area contributed by atoms with E-state index in [1.54, 1.807) is 0 Å². The van der Waals surface area contributed by atoms with E-state index < -0.39 is 0 Å². The van der Waals surface area contributed by atoms with Crippen LogP contribution in [0.1, 0.15) is 38.7 Å². The summed E-state index contributed by atoms with van der Waals surface area (Å²) in [5, 5.41) is 3.25. The first-order valence-electron chi connectivity index (χ1n) is 8.20. The van der Waals surface area contributed by atoms with Gasteiger partial charge in [-0.15, -0.1) is 0 Å². The number of carbonyl (C=O) groups excluding carboxylic acids is 1. The number of rotatable bonds is 6. The van der Waals surface area contributed by atoms with Crippen molar-refractivity contribution in [2.24, 2.45) is 23.5 Å². The zero-order valence-electron chi connectivity index (χ0n) is 13.2. The largest absolute Gasteiger partial charge is 0.353 e. The Bertz CT molecular complexity index is 446. The molecule has 0 spiro atoms. The number of amides is 1. The van der Waals surface area contributed by atoms with Crippen LogP contribution >= 0.6 is 0 Å². The Morgan fingerprint density at radius 3 is 2.62 bits per heavy atom. The van der Waals surface area contributed by atoms with Gasteiger partial charge in [0, 0.05) is 12.6 Å². The van der Waals surface area contributed by atoms with Gasteiger partial charge < -0.3 is 11.1 Å². The zero-order valence-corrected chi connectivity index (χ0v) is 13.2. The fourth-order valence-electron chi connectivity index (χ4n) is 3.51. The molecule has 2 rings (SSSR count). The molecule has 1 fully saturated rings. The Balaban J connectivity index is 1.92. The van der Waals surface area contributed by atoms with E-state index in [2.05, 4.69) is 31.3 Å². The maximum atomic E-state index is 12.5. The standard InChI is InChI=1S/C18H28N2O/c1-3-15-9-10-17(13(15)2)20-18(21)16(12-19)11-14-7-5-4-6-8-14/h4-8,13,15-17H,3,9-12,19H2,1-2H3,(H,20,21). The fourth-order valence-corrected chi connectivity index (χ4v) is 3.51. The predicted octanol–water partition coefficient (Wildman–Crippen LogP) is 2.74. The van der Waals surface area contributed by atoms with Gasteiger partial charge in [0.05, 0.1) is 5.92 Å². The van der Waals surface area contributed by atoms with Crippen LogP contribution in [0.25, 0.3) is 0 Å². The number of hydrogen-bond acceptors (Lipinski definition) is 2. The molecule has 116 valence electrons. The molecule has 1 aliphatic carbocycles. The van der Waals surface area contributed by atoms with Gasteiger partial charge in [-0.3, -0.25) is 4.79 Å². The molecule has 4 atom stereocenters. The molecule has 0 radical (unpaired) electrons. The molecule has 3 N–H and O–H groups in total. The highest BCUT2D eigenvalue weighted by Crippen LogP contribution is 2.34. The molecule has 0 heterocycles. The second-order valence-corrected chi connectivity index (χ2v) is 6.34. The molecule has 4 unspecified atom stereocenters.